The van der Waals surface area contributed by atoms with Crippen molar-refractivity contribution >= 4 is 5.78 Å². The molecule has 7 N–H and O–H groups in total. The summed E-state index contributed by atoms with van der Waals surface area (Å²) in [7, 11) is 0. The third-order valence-corrected chi connectivity index (χ3v) is 5.04. The second kappa shape index (κ2) is 9.50. The molecule has 168 valence electrons. The molecule has 3 rings (SSSR count). The summed E-state index contributed by atoms with van der Waals surface area (Å²) in [4.78, 5) is 12.3. The minimum Gasteiger partial charge on any atom is -0.508 e. The van der Waals surface area contributed by atoms with Crippen molar-refractivity contribution in [3.63, 3.8) is 0 Å². The van der Waals surface area contributed by atoms with Crippen LogP contribution in [0, 0.1) is 0 Å². The van der Waals surface area contributed by atoms with E-state index in [-0.39, 0.29) is 47.2 Å². The molecule has 0 amide bonds. The molecule has 31 heavy (non-hydrogen) atoms. The zero-order chi connectivity index (χ0) is 22.7. The summed E-state index contributed by atoms with van der Waals surface area (Å²) < 4.78 is 10.7. The Morgan fingerprint density at radius 2 is 1.68 bits per heavy atom. The molecule has 0 bridgehead atoms. The predicted octanol–water partition coefficient (Wildman–Crippen LogP) is -0.202. The van der Waals surface area contributed by atoms with E-state index in [0.29, 0.717) is 5.56 Å². The number of aryl methyl sites for hydroxylation is 1. The Kier molecular flexibility index (Phi) is 6.98. The third kappa shape index (κ3) is 5.06. The minimum absolute atomic E-state index is 0.0165. The van der Waals surface area contributed by atoms with Gasteiger partial charge in [0.05, 0.1) is 12.2 Å². The number of ether oxygens (including phenoxy) is 2. The van der Waals surface area contributed by atoms with Crippen LogP contribution in [0.2, 0.25) is 0 Å². The number of aliphatic hydroxyl groups is 4. The molecule has 0 aromatic heterocycles. The van der Waals surface area contributed by atoms with E-state index in [1.165, 1.54) is 24.3 Å². The molecule has 1 aliphatic rings. The van der Waals surface area contributed by atoms with Gasteiger partial charge in [0.2, 0.25) is 6.29 Å². The fraction of sp³-hybridized carbons (Fsp3) is 0.381. The number of rotatable bonds is 7. The summed E-state index contributed by atoms with van der Waals surface area (Å²) in [6.45, 7) is -0.622. The Hall–Kier alpha value is -2.89. The average molecular weight is 436 g/mol. The normalized spacial score (nSPS) is 25.9. The van der Waals surface area contributed by atoms with Crippen molar-refractivity contribution in [3.05, 3.63) is 47.5 Å². The van der Waals surface area contributed by atoms with Crippen LogP contribution < -0.4 is 4.74 Å². The zero-order valence-electron chi connectivity index (χ0n) is 16.3. The molecule has 0 aliphatic carbocycles. The van der Waals surface area contributed by atoms with Crippen molar-refractivity contribution in [2.45, 2.75) is 43.5 Å². The maximum absolute atomic E-state index is 12.3. The molecule has 1 fully saturated rings. The lowest BCUT2D eigenvalue weighted by atomic mass is 9.99. The number of carbonyl (C=O) groups is 1. The average Bonchev–Trinajstić information content (AvgIpc) is 2.74. The highest BCUT2D eigenvalue weighted by Gasteiger charge is 2.44. The SMILES string of the molecule is O=C(CCc1ccc(O)c(OC2OC(CO)C(O)C(O)C2O)c1)c1ccc(O)cc1O. The van der Waals surface area contributed by atoms with Crippen LogP contribution in [0.1, 0.15) is 22.3 Å². The fourth-order valence-electron chi connectivity index (χ4n) is 3.25. The van der Waals surface area contributed by atoms with Crippen molar-refractivity contribution in [1.82, 2.24) is 0 Å². The number of hydrogen-bond acceptors (Lipinski definition) is 10. The van der Waals surface area contributed by atoms with E-state index in [0.717, 1.165) is 6.07 Å². The van der Waals surface area contributed by atoms with Crippen LogP contribution in [0.4, 0.5) is 0 Å². The second-order valence-electron chi connectivity index (χ2n) is 7.24. The Balaban J connectivity index is 1.69. The van der Waals surface area contributed by atoms with E-state index in [1.54, 1.807) is 6.07 Å². The Labute approximate surface area is 177 Å². The summed E-state index contributed by atoms with van der Waals surface area (Å²) in [5.74, 6) is -1.24. The van der Waals surface area contributed by atoms with Crippen molar-refractivity contribution in [2.24, 2.45) is 0 Å². The van der Waals surface area contributed by atoms with Gasteiger partial charge in [-0.2, -0.15) is 0 Å². The molecule has 2 aromatic carbocycles. The minimum atomic E-state index is -1.64. The van der Waals surface area contributed by atoms with Crippen LogP contribution >= 0.6 is 0 Å². The van der Waals surface area contributed by atoms with Crippen molar-refractivity contribution < 1.29 is 50.0 Å². The lowest BCUT2D eigenvalue weighted by Gasteiger charge is -2.39. The third-order valence-electron chi connectivity index (χ3n) is 5.04. The van der Waals surface area contributed by atoms with Gasteiger partial charge in [0, 0.05) is 12.5 Å². The standard InChI is InChI=1S/C21H24O10/c22-9-17-18(27)19(28)20(29)21(31-17)30-16-7-10(2-6-14(16)25)1-5-13(24)12-4-3-11(23)8-15(12)26/h2-4,6-8,17-23,25-29H,1,5,9H2. The first-order valence-electron chi connectivity index (χ1n) is 9.55. The van der Waals surface area contributed by atoms with E-state index < -0.39 is 37.3 Å². The van der Waals surface area contributed by atoms with E-state index in [1.807, 2.05) is 0 Å². The summed E-state index contributed by atoms with van der Waals surface area (Å²) in [5.41, 5.74) is 0.651. The molecule has 1 aliphatic heterocycles. The van der Waals surface area contributed by atoms with Crippen LogP contribution in [0.5, 0.6) is 23.0 Å². The molecule has 10 heteroatoms. The number of hydrogen-bond donors (Lipinski definition) is 7. The molecule has 0 spiro atoms. The van der Waals surface area contributed by atoms with Crippen molar-refractivity contribution in [1.29, 1.82) is 0 Å². The largest absolute Gasteiger partial charge is 0.508 e. The summed E-state index contributed by atoms with van der Waals surface area (Å²) >= 11 is 0. The smallest absolute Gasteiger partial charge is 0.229 e. The van der Waals surface area contributed by atoms with Crippen LogP contribution in [0.25, 0.3) is 0 Å². The van der Waals surface area contributed by atoms with E-state index >= 15 is 0 Å². The number of carbonyl (C=O) groups excluding carboxylic acids is 1. The van der Waals surface area contributed by atoms with Gasteiger partial charge in [-0.25, -0.2) is 0 Å². The number of phenolic OH excluding ortho intramolecular Hbond substituents is 3. The molecule has 5 atom stereocenters. The maximum Gasteiger partial charge on any atom is 0.229 e. The summed E-state index contributed by atoms with van der Waals surface area (Å²) in [5, 5.41) is 68.2. The van der Waals surface area contributed by atoms with Gasteiger partial charge in [0.1, 0.15) is 35.9 Å². The van der Waals surface area contributed by atoms with Crippen LogP contribution in [0.15, 0.2) is 36.4 Å². The van der Waals surface area contributed by atoms with Gasteiger partial charge in [-0.15, -0.1) is 0 Å². The highest BCUT2D eigenvalue weighted by atomic mass is 16.7. The number of aromatic hydroxyl groups is 3. The summed E-state index contributed by atoms with van der Waals surface area (Å²) in [6.07, 6.45) is -7.19. The van der Waals surface area contributed by atoms with Gasteiger partial charge < -0.3 is 45.2 Å². The molecule has 0 saturated carbocycles. The fourth-order valence-corrected chi connectivity index (χ4v) is 3.25. The van der Waals surface area contributed by atoms with Crippen molar-refractivity contribution in [3.8, 4) is 23.0 Å². The molecule has 0 radical (unpaired) electrons. The molecule has 1 saturated heterocycles. The monoisotopic (exact) mass is 436 g/mol. The van der Waals surface area contributed by atoms with Crippen LogP contribution in [-0.4, -0.2) is 78.8 Å². The number of ketones is 1. The van der Waals surface area contributed by atoms with E-state index in [2.05, 4.69) is 0 Å². The second-order valence-corrected chi connectivity index (χ2v) is 7.24. The molecule has 2 aromatic rings. The van der Waals surface area contributed by atoms with Crippen LogP contribution in [-0.2, 0) is 11.2 Å². The first-order chi connectivity index (χ1) is 14.7. The van der Waals surface area contributed by atoms with Gasteiger partial charge >= 0.3 is 0 Å². The molecule has 5 unspecified atom stereocenters. The topological polar surface area (TPSA) is 177 Å². The van der Waals surface area contributed by atoms with E-state index in [4.69, 9.17) is 9.47 Å². The van der Waals surface area contributed by atoms with Gasteiger partial charge in [0.15, 0.2) is 17.3 Å². The zero-order valence-corrected chi connectivity index (χ0v) is 16.3. The number of benzene rings is 2. The van der Waals surface area contributed by atoms with Gasteiger partial charge in [-0.3, -0.25) is 4.79 Å². The Morgan fingerprint density at radius 1 is 0.935 bits per heavy atom. The first kappa shape index (κ1) is 22.8. The maximum atomic E-state index is 12.3. The highest BCUT2D eigenvalue weighted by molar-refractivity contribution is 5.98. The van der Waals surface area contributed by atoms with Crippen molar-refractivity contribution in [2.75, 3.05) is 6.61 Å². The quantitative estimate of drug-likeness (QED) is 0.288. The van der Waals surface area contributed by atoms with Gasteiger partial charge in [-0.05, 0) is 36.2 Å². The molecular weight excluding hydrogens is 412 g/mol. The Morgan fingerprint density at radius 3 is 2.35 bits per heavy atom. The molecule has 1 heterocycles. The first-order valence-corrected chi connectivity index (χ1v) is 9.55. The number of aliphatic hydroxyl groups excluding tert-OH is 4. The van der Waals surface area contributed by atoms with E-state index in [9.17, 15) is 40.5 Å². The van der Waals surface area contributed by atoms with Gasteiger partial charge in [0.25, 0.3) is 0 Å². The lowest BCUT2D eigenvalue weighted by molar-refractivity contribution is -0.277. The highest BCUT2D eigenvalue weighted by Crippen LogP contribution is 2.32. The van der Waals surface area contributed by atoms with Crippen LogP contribution in [0.3, 0.4) is 0 Å². The predicted molar refractivity (Wildman–Crippen MR) is 105 cm³/mol. The number of Topliss-reactive ketones (excluding diaryl/α,β-unsaturated/α-hetero) is 1. The Bertz CT molecular complexity index is 928. The lowest BCUT2D eigenvalue weighted by Crippen LogP contribution is -2.60. The van der Waals surface area contributed by atoms with Gasteiger partial charge in [-0.1, -0.05) is 6.07 Å². The molecular formula is C21H24O10. The molecule has 10 nitrogen and oxygen atoms in total. The summed E-state index contributed by atoms with van der Waals surface area (Å²) in [6, 6.07) is 7.97. The number of phenols is 3.